The largest absolute Gasteiger partial charge is 0.399 e. The van der Waals surface area contributed by atoms with Gasteiger partial charge < -0.3 is 11.1 Å². The van der Waals surface area contributed by atoms with E-state index >= 15 is 0 Å². The van der Waals surface area contributed by atoms with Crippen molar-refractivity contribution in [3.63, 3.8) is 0 Å². The van der Waals surface area contributed by atoms with Gasteiger partial charge in [-0.15, -0.1) is 35.3 Å². The second-order valence-corrected chi connectivity index (χ2v) is 14.8. The second kappa shape index (κ2) is 21.8. The summed E-state index contributed by atoms with van der Waals surface area (Å²) in [6.45, 7) is 3.52. The van der Waals surface area contributed by atoms with E-state index in [0.29, 0.717) is 27.5 Å². The Balaban J connectivity index is 0.000000213. The molecule has 0 unspecified atom stereocenters. The van der Waals surface area contributed by atoms with Crippen LogP contribution in [0.15, 0.2) is 143 Å². The van der Waals surface area contributed by atoms with E-state index in [2.05, 4.69) is 15.5 Å². The minimum atomic E-state index is -0.438. The van der Waals surface area contributed by atoms with Gasteiger partial charge in [-0.05, 0) is 117 Å². The summed E-state index contributed by atoms with van der Waals surface area (Å²) in [5.74, 6) is -0.103. The first kappa shape index (κ1) is 44.3. The topological polar surface area (TPSA) is 194 Å². The van der Waals surface area contributed by atoms with Crippen LogP contribution in [0.25, 0.3) is 11.4 Å². The maximum atomic E-state index is 12.6. The molecule has 2 heterocycles. The summed E-state index contributed by atoms with van der Waals surface area (Å²) in [4.78, 5) is 44.9. The number of rotatable bonds is 13. The van der Waals surface area contributed by atoms with Gasteiger partial charge >= 0.3 is 0 Å². The van der Waals surface area contributed by atoms with Gasteiger partial charge in [-0.25, -0.2) is 9.36 Å². The van der Waals surface area contributed by atoms with E-state index in [1.165, 1.54) is 48.2 Å². The predicted molar refractivity (Wildman–Crippen MR) is 236 cm³/mol. The molecule has 58 heavy (non-hydrogen) atoms. The number of nitro groups is 2. The standard InChI is InChI=1S/C20H18N4O3S.C14H14N2OS2.C7H8N2O2/c1-14-12-17(24(26)27)8-9-18(14)22-20(28-2)13-19(25)15-4-6-16(7-5-15)23-11-3-10-21-23;1-18-14(19-2)10-13(17)11-4-6-12(7-5-11)16-9-3-8-15-16;1-5-4-6(9(10)11)2-3-7(5)8/h3-13,22H,1-2H3;3-10H,1-2H3;2-4H,8H2,1H3/b20-13-;;. The van der Waals surface area contributed by atoms with Gasteiger partial charge in [-0.2, -0.15) is 10.2 Å². The second-order valence-electron chi connectivity index (χ2n) is 12.0. The highest BCUT2D eigenvalue weighted by molar-refractivity contribution is 8.21. The van der Waals surface area contributed by atoms with Crippen LogP contribution in [0.1, 0.15) is 31.8 Å². The average Bonchev–Trinajstić information content (AvgIpc) is 3.98. The van der Waals surface area contributed by atoms with Gasteiger partial charge in [0.25, 0.3) is 11.4 Å². The Morgan fingerprint density at radius 3 is 1.53 bits per heavy atom. The van der Waals surface area contributed by atoms with Crippen LogP contribution in [0, 0.1) is 34.1 Å². The number of benzene rings is 4. The molecule has 3 N–H and O–H groups in total. The fourth-order valence-corrected chi connectivity index (χ4v) is 6.50. The molecule has 0 aliphatic heterocycles. The van der Waals surface area contributed by atoms with Gasteiger partial charge in [-0.1, -0.05) is 0 Å². The zero-order valence-electron chi connectivity index (χ0n) is 32.1. The van der Waals surface area contributed by atoms with Gasteiger partial charge in [0.2, 0.25) is 0 Å². The number of nitrogens with one attached hydrogen (secondary N) is 1. The quantitative estimate of drug-likeness (QED) is 0.0367. The molecule has 0 fully saturated rings. The number of thioether (sulfide) groups is 3. The lowest BCUT2D eigenvalue weighted by Gasteiger charge is -2.11. The number of nitrogens with two attached hydrogens (primary N) is 1. The molecule has 0 atom stereocenters. The summed E-state index contributed by atoms with van der Waals surface area (Å²) in [5.41, 5.74) is 11.4. The van der Waals surface area contributed by atoms with Crippen LogP contribution in [0.3, 0.4) is 0 Å². The Bertz CT molecular complexity index is 2390. The van der Waals surface area contributed by atoms with E-state index in [9.17, 15) is 29.8 Å². The highest BCUT2D eigenvalue weighted by Gasteiger charge is 2.11. The lowest BCUT2D eigenvalue weighted by Crippen LogP contribution is -2.03. The number of carbonyl (C=O) groups excluding carboxylic acids is 2. The Labute approximate surface area is 347 Å². The van der Waals surface area contributed by atoms with Crippen LogP contribution >= 0.6 is 35.3 Å². The highest BCUT2D eigenvalue weighted by atomic mass is 32.2. The van der Waals surface area contributed by atoms with Crippen molar-refractivity contribution in [2.75, 3.05) is 29.8 Å². The number of hydrogen-bond acceptors (Lipinski definition) is 13. The van der Waals surface area contributed by atoms with Gasteiger partial charge in [0.1, 0.15) is 0 Å². The van der Waals surface area contributed by atoms with Gasteiger partial charge in [0.15, 0.2) is 11.6 Å². The van der Waals surface area contributed by atoms with Crippen molar-refractivity contribution in [2.24, 2.45) is 0 Å². The monoisotopic (exact) mass is 836 g/mol. The Hall–Kier alpha value is -6.43. The summed E-state index contributed by atoms with van der Waals surface area (Å²) >= 11 is 4.56. The van der Waals surface area contributed by atoms with E-state index in [4.69, 9.17) is 5.73 Å². The fourth-order valence-electron chi connectivity index (χ4n) is 4.95. The molecular weight excluding hydrogens is 797 g/mol. The van der Waals surface area contributed by atoms with E-state index in [0.717, 1.165) is 26.7 Å². The first-order valence-corrected chi connectivity index (χ1v) is 20.9. The zero-order valence-corrected chi connectivity index (χ0v) is 34.6. The zero-order chi connectivity index (χ0) is 42.2. The van der Waals surface area contributed by atoms with E-state index in [1.807, 2.05) is 79.7 Å². The molecule has 0 radical (unpaired) electrons. The Morgan fingerprint density at radius 2 is 1.14 bits per heavy atom. The minimum absolute atomic E-state index is 0.0331. The SMILES string of the molecule is CS/C(=C\C(=O)c1ccc(-n2cccn2)cc1)Nc1ccc([N+](=O)[O-])cc1C.CSC(=CC(=O)c1ccc(-n2cccn2)cc1)SC.Cc1cc([N+](=O)[O-])ccc1N. The summed E-state index contributed by atoms with van der Waals surface area (Å²) in [6, 6.07) is 27.3. The number of allylic oxidation sites excluding steroid dienone is 2. The number of carbonyl (C=O) groups is 2. The number of anilines is 2. The first-order chi connectivity index (χ1) is 27.8. The number of nitrogens with zero attached hydrogens (tertiary/aromatic N) is 6. The Morgan fingerprint density at radius 1 is 0.672 bits per heavy atom. The number of ketones is 2. The number of aromatic nitrogens is 4. The summed E-state index contributed by atoms with van der Waals surface area (Å²) in [7, 11) is 0. The van der Waals surface area contributed by atoms with Crippen LogP contribution in [-0.2, 0) is 0 Å². The van der Waals surface area contributed by atoms with Crippen molar-refractivity contribution in [3.05, 3.63) is 186 Å². The molecule has 6 rings (SSSR count). The molecule has 14 nitrogen and oxygen atoms in total. The molecule has 0 spiro atoms. The van der Waals surface area contributed by atoms with Crippen molar-refractivity contribution in [1.29, 1.82) is 0 Å². The molecule has 0 bridgehead atoms. The highest BCUT2D eigenvalue weighted by Crippen LogP contribution is 2.26. The molecule has 0 saturated carbocycles. The van der Waals surface area contributed by atoms with E-state index < -0.39 is 9.85 Å². The molecule has 0 saturated heterocycles. The van der Waals surface area contributed by atoms with Crippen LogP contribution in [0.2, 0.25) is 0 Å². The maximum Gasteiger partial charge on any atom is 0.269 e. The summed E-state index contributed by atoms with van der Waals surface area (Å²) in [5, 5.41) is 33.2. The molecule has 0 aliphatic rings. The van der Waals surface area contributed by atoms with E-state index in [-0.39, 0.29) is 22.9 Å². The van der Waals surface area contributed by atoms with E-state index in [1.54, 1.807) is 83.4 Å². The van der Waals surface area contributed by atoms with Crippen LogP contribution < -0.4 is 11.1 Å². The normalized spacial score (nSPS) is 10.6. The summed E-state index contributed by atoms with van der Waals surface area (Å²) < 4.78 is 4.50. The van der Waals surface area contributed by atoms with Crippen LogP contribution in [0.4, 0.5) is 22.7 Å². The number of hydrogen-bond donors (Lipinski definition) is 2. The molecule has 4 aromatic carbocycles. The molecule has 6 aromatic rings. The lowest BCUT2D eigenvalue weighted by atomic mass is 10.1. The molecular formula is C41H40N8O6S3. The first-order valence-electron chi connectivity index (χ1n) is 17.2. The van der Waals surface area contributed by atoms with Crippen molar-refractivity contribution in [2.45, 2.75) is 13.8 Å². The Kier molecular flexibility index (Phi) is 16.6. The third-order valence-corrected chi connectivity index (χ3v) is 10.8. The molecule has 2 aromatic heterocycles. The number of non-ortho nitro benzene ring substituents is 2. The minimum Gasteiger partial charge on any atom is -0.399 e. The molecule has 0 aliphatic carbocycles. The maximum absolute atomic E-state index is 12.6. The van der Waals surface area contributed by atoms with Crippen molar-refractivity contribution in [3.8, 4) is 11.4 Å². The summed E-state index contributed by atoms with van der Waals surface area (Å²) in [6.07, 6.45) is 16.1. The fraction of sp³-hybridized carbons (Fsp3) is 0.122. The van der Waals surface area contributed by atoms with Crippen molar-refractivity contribution >= 4 is 69.6 Å². The van der Waals surface area contributed by atoms with Gasteiger partial charge in [0, 0.05) is 87.9 Å². The lowest BCUT2D eigenvalue weighted by molar-refractivity contribution is -0.385. The predicted octanol–water partition coefficient (Wildman–Crippen LogP) is 9.70. The number of nitrogen functional groups attached to an aromatic ring is 1. The average molecular weight is 837 g/mol. The number of nitro benzene ring substituents is 2. The third-order valence-electron chi connectivity index (χ3n) is 8.12. The third kappa shape index (κ3) is 12.8. The van der Waals surface area contributed by atoms with Crippen molar-refractivity contribution < 1.29 is 19.4 Å². The number of aryl methyl sites for hydroxylation is 2. The van der Waals surface area contributed by atoms with Gasteiger partial charge in [-0.3, -0.25) is 29.8 Å². The van der Waals surface area contributed by atoms with Crippen molar-refractivity contribution in [1.82, 2.24) is 19.6 Å². The van der Waals surface area contributed by atoms with Crippen LogP contribution in [0.5, 0.6) is 0 Å². The molecule has 298 valence electrons. The smallest absolute Gasteiger partial charge is 0.269 e. The van der Waals surface area contributed by atoms with Crippen LogP contribution in [-0.4, -0.2) is 59.7 Å². The molecule has 0 amide bonds. The molecule has 17 heteroatoms. The van der Waals surface area contributed by atoms with Gasteiger partial charge in [0.05, 0.1) is 26.3 Å².